The van der Waals surface area contributed by atoms with Crippen LogP contribution in [-0.4, -0.2) is 0 Å². The molecule has 59 heavy (non-hydrogen) atoms. The molecule has 0 fully saturated rings. The van der Waals surface area contributed by atoms with E-state index >= 15 is 0 Å². The summed E-state index contributed by atoms with van der Waals surface area (Å²) in [5.74, 6) is 0. The first-order valence-electron chi connectivity index (χ1n) is 20.5. The van der Waals surface area contributed by atoms with E-state index in [9.17, 15) is 0 Å². The highest BCUT2D eigenvalue weighted by Gasteiger charge is 2.46. The molecule has 276 valence electrons. The average Bonchev–Trinajstić information content (AvgIpc) is 3.61. The van der Waals surface area contributed by atoms with Crippen LogP contribution >= 0.6 is 0 Å². The van der Waals surface area contributed by atoms with Gasteiger partial charge in [0.25, 0.3) is 0 Å². The summed E-state index contributed by atoms with van der Waals surface area (Å²) in [6.07, 6.45) is 4.40. The van der Waals surface area contributed by atoms with Crippen LogP contribution < -0.4 is 0 Å². The molecular weight excluding hydrogens is 709 g/mol. The first-order valence-corrected chi connectivity index (χ1v) is 20.5. The Morgan fingerprint density at radius 1 is 0.271 bits per heavy atom. The van der Waals surface area contributed by atoms with Gasteiger partial charge in [0, 0.05) is 0 Å². The van der Waals surface area contributed by atoms with Gasteiger partial charge < -0.3 is 0 Å². The molecule has 0 radical (unpaired) electrons. The fourth-order valence-electron chi connectivity index (χ4n) is 9.72. The molecule has 0 bridgehead atoms. The lowest BCUT2D eigenvalue weighted by Gasteiger charge is -2.34. The van der Waals surface area contributed by atoms with Crippen LogP contribution in [0.3, 0.4) is 0 Å². The van der Waals surface area contributed by atoms with Crippen LogP contribution in [0.2, 0.25) is 0 Å². The monoisotopic (exact) mass is 748 g/mol. The van der Waals surface area contributed by atoms with Crippen molar-refractivity contribution < 1.29 is 0 Å². The number of fused-ring (bicyclic) bond motifs is 5. The molecule has 0 amide bonds. The van der Waals surface area contributed by atoms with E-state index in [0.717, 1.165) is 0 Å². The Kier molecular flexibility index (Phi) is 8.49. The molecule has 0 heteroatoms. The minimum atomic E-state index is -0.461. The summed E-state index contributed by atoms with van der Waals surface area (Å²) < 4.78 is 0. The minimum absolute atomic E-state index is 0.461. The minimum Gasteiger partial charge on any atom is -0.0622 e. The van der Waals surface area contributed by atoms with Crippen molar-refractivity contribution in [3.8, 4) is 44.5 Å². The van der Waals surface area contributed by atoms with Crippen LogP contribution in [0.25, 0.3) is 78.2 Å². The standard InChI is InChI=1S/C59H40/c1-4-16-43(17-5-1)44-34-30-41(31-35-44)28-29-42-32-36-45(37-33-42)57-51-23-10-12-25-53(51)58(54-26-13-11-24-52(54)57)46-38-39-50-49-22-14-15-27-55(49)59(56(50)40-46,47-18-6-2-7-19-47)48-20-8-3-9-21-48/h1-40H. The molecule has 1 aliphatic carbocycles. The summed E-state index contributed by atoms with van der Waals surface area (Å²) in [6, 6.07) is 84.7. The van der Waals surface area contributed by atoms with Crippen LogP contribution in [0.15, 0.2) is 231 Å². The van der Waals surface area contributed by atoms with Crippen molar-refractivity contribution >= 4 is 33.7 Å². The molecule has 0 unspecified atom stereocenters. The highest BCUT2D eigenvalue weighted by molar-refractivity contribution is 6.21. The average molecular weight is 749 g/mol. The fourth-order valence-corrected chi connectivity index (χ4v) is 9.72. The van der Waals surface area contributed by atoms with Gasteiger partial charge in [-0.2, -0.15) is 0 Å². The van der Waals surface area contributed by atoms with Crippen molar-refractivity contribution in [2.24, 2.45) is 0 Å². The number of hydrogen-bond acceptors (Lipinski definition) is 0. The topological polar surface area (TPSA) is 0 Å². The summed E-state index contributed by atoms with van der Waals surface area (Å²) in [4.78, 5) is 0. The Hall–Kier alpha value is -7.54. The molecule has 11 rings (SSSR count). The maximum Gasteiger partial charge on any atom is 0.0713 e. The molecule has 0 N–H and O–H groups in total. The zero-order valence-electron chi connectivity index (χ0n) is 32.6. The summed E-state index contributed by atoms with van der Waals surface area (Å²) in [5.41, 5.74) is 17.1. The Balaban J connectivity index is 1.04. The smallest absolute Gasteiger partial charge is 0.0622 e. The number of hydrogen-bond donors (Lipinski definition) is 0. The van der Waals surface area contributed by atoms with Gasteiger partial charge in [0.05, 0.1) is 5.41 Å². The zero-order chi connectivity index (χ0) is 39.2. The lowest BCUT2D eigenvalue weighted by molar-refractivity contribution is 0.769. The molecule has 0 aromatic heterocycles. The second-order valence-electron chi connectivity index (χ2n) is 15.6. The summed E-state index contributed by atoms with van der Waals surface area (Å²) in [5, 5.41) is 5.02. The second kappa shape index (κ2) is 14.4. The van der Waals surface area contributed by atoms with E-state index in [4.69, 9.17) is 0 Å². The Morgan fingerprint density at radius 3 is 1.20 bits per heavy atom. The zero-order valence-corrected chi connectivity index (χ0v) is 32.6. The second-order valence-corrected chi connectivity index (χ2v) is 15.6. The third kappa shape index (κ3) is 5.76. The molecule has 0 saturated carbocycles. The quantitative estimate of drug-likeness (QED) is 0.112. The maximum atomic E-state index is 2.50. The Morgan fingerprint density at radius 2 is 0.661 bits per heavy atom. The summed E-state index contributed by atoms with van der Waals surface area (Å²) in [6.45, 7) is 0. The molecule has 10 aromatic rings. The van der Waals surface area contributed by atoms with Gasteiger partial charge in [0.2, 0.25) is 0 Å². The summed E-state index contributed by atoms with van der Waals surface area (Å²) >= 11 is 0. The molecule has 1 aliphatic rings. The van der Waals surface area contributed by atoms with Crippen molar-refractivity contribution in [1.29, 1.82) is 0 Å². The Bertz CT molecular complexity index is 3060. The van der Waals surface area contributed by atoms with Crippen LogP contribution in [0.1, 0.15) is 33.4 Å². The maximum absolute atomic E-state index is 2.50. The molecule has 0 aliphatic heterocycles. The van der Waals surface area contributed by atoms with Gasteiger partial charge >= 0.3 is 0 Å². The van der Waals surface area contributed by atoms with E-state index < -0.39 is 5.41 Å². The van der Waals surface area contributed by atoms with Gasteiger partial charge in [0.15, 0.2) is 0 Å². The largest absolute Gasteiger partial charge is 0.0713 e. The fraction of sp³-hybridized carbons (Fsp3) is 0.0169. The van der Waals surface area contributed by atoms with Gasteiger partial charge in [-0.05, 0) is 105 Å². The van der Waals surface area contributed by atoms with Gasteiger partial charge in [-0.3, -0.25) is 0 Å². The predicted octanol–water partition coefficient (Wildman–Crippen LogP) is 15.5. The predicted molar refractivity (Wildman–Crippen MR) is 250 cm³/mol. The van der Waals surface area contributed by atoms with Crippen LogP contribution in [0, 0.1) is 0 Å². The van der Waals surface area contributed by atoms with Crippen LogP contribution in [-0.2, 0) is 5.41 Å². The van der Waals surface area contributed by atoms with Crippen molar-refractivity contribution in [3.05, 3.63) is 264 Å². The van der Waals surface area contributed by atoms with Crippen molar-refractivity contribution in [1.82, 2.24) is 0 Å². The highest BCUT2D eigenvalue weighted by atomic mass is 14.5. The van der Waals surface area contributed by atoms with E-state index in [-0.39, 0.29) is 0 Å². The normalized spacial score (nSPS) is 12.8. The van der Waals surface area contributed by atoms with E-state index in [0.29, 0.717) is 0 Å². The van der Waals surface area contributed by atoms with E-state index in [1.807, 2.05) is 0 Å². The lowest BCUT2D eigenvalue weighted by Crippen LogP contribution is -2.28. The molecule has 10 aromatic carbocycles. The number of rotatable bonds is 7. The molecular formula is C59H40. The third-order valence-corrected chi connectivity index (χ3v) is 12.4. The first-order chi connectivity index (χ1) is 29.3. The highest BCUT2D eigenvalue weighted by Crippen LogP contribution is 2.57. The van der Waals surface area contributed by atoms with E-state index in [1.165, 1.54) is 99.4 Å². The molecule has 0 atom stereocenters. The van der Waals surface area contributed by atoms with E-state index in [2.05, 4.69) is 243 Å². The van der Waals surface area contributed by atoms with Crippen molar-refractivity contribution in [2.75, 3.05) is 0 Å². The SMILES string of the molecule is C(=Cc1ccc(-c2c3ccccc3c(-c3ccc4c(c3)C(c3ccccc3)(c3ccccc3)c3ccccc3-4)c3ccccc23)cc1)c1ccc(-c2ccccc2)cc1. The molecule has 0 spiro atoms. The first kappa shape index (κ1) is 34.7. The summed E-state index contributed by atoms with van der Waals surface area (Å²) in [7, 11) is 0. The van der Waals surface area contributed by atoms with E-state index in [1.54, 1.807) is 0 Å². The van der Waals surface area contributed by atoms with Crippen LogP contribution in [0.4, 0.5) is 0 Å². The van der Waals surface area contributed by atoms with Gasteiger partial charge in [-0.15, -0.1) is 0 Å². The molecule has 0 saturated heterocycles. The van der Waals surface area contributed by atoms with Gasteiger partial charge in [0.1, 0.15) is 0 Å². The van der Waals surface area contributed by atoms with Crippen molar-refractivity contribution in [2.45, 2.75) is 5.41 Å². The van der Waals surface area contributed by atoms with Gasteiger partial charge in [-0.1, -0.05) is 237 Å². The van der Waals surface area contributed by atoms with Crippen molar-refractivity contribution in [3.63, 3.8) is 0 Å². The number of benzene rings is 10. The Labute approximate surface area is 346 Å². The molecule has 0 nitrogen and oxygen atoms in total. The lowest BCUT2D eigenvalue weighted by atomic mass is 9.67. The van der Waals surface area contributed by atoms with Gasteiger partial charge in [-0.25, -0.2) is 0 Å². The molecule has 0 heterocycles. The third-order valence-electron chi connectivity index (χ3n) is 12.4. The van der Waals surface area contributed by atoms with Crippen LogP contribution in [0.5, 0.6) is 0 Å².